The van der Waals surface area contributed by atoms with E-state index in [0.717, 1.165) is 25.7 Å². The zero-order chi connectivity index (χ0) is 12.8. The summed E-state index contributed by atoms with van der Waals surface area (Å²) in [5.74, 6) is -0.566. The molecule has 0 saturated heterocycles. The molecule has 5 nitrogen and oxygen atoms in total. The van der Waals surface area contributed by atoms with Gasteiger partial charge in [-0.1, -0.05) is 6.92 Å². The van der Waals surface area contributed by atoms with Crippen LogP contribution < -0.4 is 5.32 Å². The molecule has 2 N–H and O–H groups in total. The van der Waals surface area contributed by atoms with Crippen LogP contribution in [0, 0.1) is 11.8 Å². The van der Waals surface area contributed by atoms with Gasteiger partial charge >= 0.3 is 5.97 Å². The molecule has 98 valence electrons. The number of nitrogens with one attached hydrogen (secondary N) is 1. The Labute approximate surface area is 102 Å². The lowest BCUT2D eigenvalue weighted by molar-refractivity contribution is -0.144. The maximum absolute atomic E-state index is 11.9. The second-order valence-electron chi connectivity index (χ2n) is 4.81. The second kappa shape index (κ2) is 6.59. The Hall–Kier alpha value is -1.10. The first-order valence-electron chi connectivity index (χ1n) is 6.06. The van der Waals surface area contributed by atoms with Gasteiger partial charge in [-0.3, -0.25) is 4.79 Å². The van der Waals surface area contributed by atoms with E-state index in [-0.39, 0.29) is 18.4 Å². The Morgan fingerprint density at radius 2 is 1.94 bits per heavy atom. The standard InChI is InChI=1S/C12H21NO4/c1-8-3-5-9(6-4-8)11(14)13-10(7-17-2)12(15)16/h8-10H,3-7H2,1-2H3,(H,13,14)(H,15,16). The van der Waals surface area contributed by atoms with Gasteiger partial charge in [0.05, 0.1) is 6.61 Å². The summed E-state index contributed by atoms with van der Waals surface area (Å²) < 4.78 is 4.78. The molecular formula is C12H21NO4. The first kappa shape index (κ1) is 14.0. The Kier molecular flexibility index (Phi) is 5.41. The number of aliphatic carboxylic acids is 1. The summed E-state index contributed by atoms with van der Waals surface area (Å²) in [4.78, 5) is 22.7. The van der Waals surface area contributed by atoms with Crippen LogP contribution in [0.15, 0.2) is 0 Å². The summed E-state index contributed by atoms with van der Waals surface area (Å²) in [6.45, 7) is 2.18. The third-order valence-electron chi connectivity index (χ3n) is 3.33. The van der Waals surface area contributed by atoms with E-state index in [0.29, 0.717) is 5.92 Å². The highest BCUT2D eigenvalue weighted by Crippen LogP contribution is 2.28. The Bertz CT molecular complexity index is 272. The summed E-state index contributed by atoms with van der Waals surface area (Å²) >= 11 is 0. The first-order chi connectivity index (χ1) is 8.04. The summed E-state index contributed by atoms with van der Waals surface area (Å²) in [5, 5.41) is 11.4. The van der Waals surface area contributed by atoms with Crippen molar-refractivity contribution in [2.24, 2.45) is 11.8 Å². The average molecular weight is 243 g/mol. The second-order valence-corrected chi connectivity index (χ2v) is 4.81. The number of amides is 1. The summed E-state index contributed by atoms with van der Waals surface area (Å²) in [6.07, 6.45) is 3.79. The molecule has 1 atom stereocenters. The maximum atomic E-state index is 11.9. The highest BCUT2D eigenvalue weighted by molar-refractivity contribution is 5.85. The van der Waals surface area contributed by atoms with Gasteiger partial charge in [-0.25, -0.2) is 4.79 Å². The smallest absolute Gasteiger partial charge is 0.328 e. The van der Waals surface area contributed by atoms with Crippen molar-refractivity contribution in [3.05, 3.63) is 0 Å². The minimum absolute atomic E-state index is 0.00416. The highest BCUT2D eigenvalue weighted by atomic mass is 16.5. The van der Waals surface area contributed by atoms with E-state index in [1.807, 2.05) is 0 Å². The van der Waals surface area contributed by atoms with Gasteiger partial charge in [0.15, 0.2) is 6.04 Å². The van der Waals surface area contributed by atoms with Crippen molar-refractivity contribution < 1.29 is 19.4 Å². The fourth-order valence-electron chi connectivity index (χ4n) is 2.15. The van der Waals surface area contributed by atoms with Crippen LogP contribution in [-0.4, -0.2) is 36.7 Å². The molecule has 1 unspecified atom stereocenters. The number of ether oxygens (including phenoxy) is 1. The molecular weight excluding hydrogens is 222 g/mol. The fraction of sp³-hybridized carbons (Fsp3) is 0.833. The van der Waals surface area contributed by atoms with E-state index in [1.165, 1.54) is 7.11 Å². The molecule has 0 bridgehead atoms. The number of carbonyl (C=O) groups is 2. The van der Waals surface area contributed by atoms with Crippen molar-refractivity contribution >= 4 is 11.9 Å². The fourth-order valence-corrected chi connectivity index (χ4v) is 2.15. The predicted molar refractivity (Wildman–Crippen MR) is 62.6 cm³/mol. The molecule has 1 fully saturated rings. The number of carbonyl (C=O) groups excluding carboxylic acids is 1. The van der Waals surface area contributed by atoms with Crippen LogP contribution in [0.25, 0.3) is 0 Å². The third kappa shape index (κ3) is 4.34. The molecule has 1 aliphatic rings. The van der Waals surface area contributed by atoms with Crippen molar-refractivity contribution in [1.82, 2.24) is 5.32 Å². The van der Waals surface area contributed by atoms with Crippen LogP contribution >= 0.6 is 0 Å². The zero-order valence-electron chi connectivity index (χ0n) is 10.4. The molecule has 1 rings (SSSR count). The zero-order valence-corrected chi connectivity index (χ0v) is 10.4. The number of hydrogen-bond acceptors (Lipinski definition) is 3. The van der Waals surface area contributed by atoms with Crippen LogP contribution in [0.5, 0.6) is 0 Å². The van der Waals surface area contributed by atoms with Gasteiger partial charge in [0, 0.05) is 13.0 Å². The normalized spacial score (nSPS) is 26.2. The minimum atomic E-state index is -1.05. The maximum Gasteiger partial charge on any atom is 0.328 e. The number of hydrogen-bond donors (Lipinski definition) is 2. The average Bonchev–Trinajstić information content (AvgIpc) is 2.29. The lowest BCUT2D eigenvalue weighted by Crippen LogP contribution is -2.46. The molecule has 1 amide bonds. The van der Waals surface area contributed by atoms with Crippen molar-refractivity contribution in [3.8, 4) is 0 Å². The van der Waals surface area contributed by atoms with Gasteiger partial charge in [-0.05, 0) is 31.6 Å². The van der Waals surface area contributed by atoms with Gasteiger partial charge < -0.3 is 15.2 Å². The molecule has 0 aromatic carbocycles. The largest absolute Gasteiger partial charge is 0.480 e. The monoisotopic (exact) mass is 243 g/mol. The Balaban J connectivity index is 2.44. The van der Waals surface area contributed by atoms with Crippen molar-refractivity contribution in [1.29, 1.82) is 0 Å². The molecule has 0 aromatic rings. The lowest BCUT2D eigenvalue weighted by atomic mass is 9.82. The van der Waals surface area contributed by atoms with E-state index < -0.39 is 12.0 Å². The van der Waals surface area contributed by atoms with Gasteiger partial charge in [0.25, 0.3) is 0 Å². The van der Waals surface area contributed by atoms with Crippen LogP contribution in [0.2, 0.25) is 0 Å². The third-order valence-corrected chi connectivity index (χ3v) is 3.33. The van der Waals surface area contributed by atoms with E-state index in [2.05, 4.69) is 12.2 Å². The number of rotatable bonds is 5. The number of carboxylic acids is 1. The molecule has 5 heteroatoms. The molecule has 17 heavy (non-hydrogen) atoms. The van der Waals surface area contributed by atoms with Crippen LogP contribution in [0.3, 0.4) is 0 Å². The predicted octanol–water partition coefficient (Wildman–Crippen LogP) is 1.03. The molecule has 0 aliphatic heterocycles. The van der Waals surface area contributed by atoms with Crippen LogP contribution in [0.1, 0.15) is 32.6 Å². The van der Waals surface area contributed by atoms with Gasteiger partial charge in [-0.15, -0.1) is 0 Å². The van der Waals surface area contributed by atoms with Crippen molar-refractivity contribution in [3.63, 3.8) is 0 Å². The van der Waals surface area contributed by atoms with Crippen LogP contribution in [-0.2, 0) is 14.3 Å². The molecule has 0 heterocycles. The lowest BCUT2D eigenvalue weighted by Gasteiger charge is -2.26. The Morgan fingerprint density at radius 1 is 1.35 bits per heavy atom. The van der Waals surface area contributed by atoms with E-state index in [9.17, 15) is 9.59 Å². The summed E-state index contributed by atoms with van der Waals surface area (Å²) in [5.41, 5.74) is 0. The van der Waals surface area contributed by atoms with Crippen molar-refractivity contribution in [2.75, 3.05) is 13.7 Å². The molecule has 1 saturated carbocycles. The summed E-state index contributed by atoms with van der Waals surface area (Å²) in [7, 11) is 1.42. The molecule has 0 spiro atoms. The minimum Gasteiger partial charge on any atom is -0.480 e. The van der Waals surface area contributed by atoms with Crippen molar-refractivity contribution in [2.45, 2.75) is 38.6 Å². The van der Waals surface area contributed by atoms with Gasteiger partial charge in [0.1, 0.15) is 0 Å². The van der Waals surface area contributed by atoms with Crippen LogP contribution in [0.4, 0.5) is 0 Å². The highest BCUT2D eigenvalue weighted by Gasteiger charge is 2.27. The van der Waals surface area contributed by atoms with E-state index >= 15 is 0 Å². The van der Waals surface area contributed by atoms with E-state index in [4.69, 9.17) is 9.84 Å². The van der Waals surface area contributed by atoms with Gasteiger partial charge in [-0.2, -0.15) is 0 Å². The molecule has 0 aromatic heterocycles. The first-order valence-corrected chi connectivity index (χ1v) is 6.06. The van der Waals surface area contributed by atoms with E-state index in [1.54, 1.807) is 0 Å². The Morgan fingerprint density at radius 3 is 2.41 bits per heavy atom. The topological polar surface area (TPSA) is 75.6 Å². The summed E-state index contributed by atoms with van der Waals surface area (Å²) in [6, 6.07) is -0.938. The number of carboxylic acid groups (broad SMARTS) is 1. The quantitative estimate of drug-likeness (QED) is 0.756. The van der Waals surface area contributed by atoms with Gasteiger partial charge in [0.2, 0.25) is 5.91 Å². The number of methoxy groups -OCH3 is 1. The molecule has 0 radical (unpaired) electrons. The molecule has 1 aliphatic carbocycles. The SMILES string of the molecule is COCC(NC(=O)C1CCC(C)CC1)C(=O)O.